The zero-order valence-electron chi connectivity index (χ0n) is 15.2. The minimum absolute atomic E-state index is 0.00318. The van der Waals surface area contributed by atoms with Gasteiger partial charge in [-0.2, -0.15) is 13.2 Å². The lowest BCUT2D eigenvalue weighted by Crippen LogP contribution is -2.46. The lowest BCUT2D eigenvalue weighted by Gasteiger charge is -2.44. The number of hydrogen-bond donors (Lipinski definition) is 0. The van der Waals surface area contributed by atoms with E-state index in [0.29, 0.717) is 13.1 Å². The van der Waals surface area contributed by atoms with Gasteiger partial charge < -0.3 is 14.4 Å². The predicted molar refractivity (Wildman–Crippen MR) is 90.0 cm³/mol. The van der Waals surface area contributed by atoms with Gasteiger partial charge in [0.25, 0.3) is 0 Å². The number of alkyl halides is 3. The summed E-state index contributed by atoms with van der Waals surface area (Å²) < 4.78 is 49.4. The summed E-state index contributed by atoms with van der Waals surface area (Å²) in [6.07, 6.45) is -2.45. The van der Waals surface area contributed by atoms with Crippen LogP contribution in [0.4, 0.5) is 18.0 Å². The average molecular weight is 371 g/mol. The summed E-state index contributed by atoms with van der Waals surface area (Å²) in [5, 5.41) is 0. The van der Waals surface area contributed by atoms with Gasteiger partial charge in [-0.05, 0) is 63.6 Å². The third-order valence-electron chi connectivity index (χ3n) is 4.88. The maximum atomic E-state index is 12.8. The van der Waals surface area contributed by atoms with E-state index in [4.69, 9.17) is 9.47 Å². The van der Waals surface area contributed by atoms with Crippen LogP contribution >= 0.6 is 0 Å². The predicted octanol–water partition coefficient (Wildman–Crippen LogP) is 4.87. The van der Waals surface area contributed by atoms with Crippen LogP contribution in [0.15, 0.2) is 24.3 Å². The van der Waals surface area contributed by atoms with Crippen molar-refractivity contribution in [1.29, 1.82) is 0 Å². The van der Waals surface area contributed by atoms with Gasteiger partial charge in [-0.15, -0.1) is 0 Å². The van der Waals surface area contributed by atoms with Crippen LogP contribution in [0.3, 0.4) is 0 Å². The van der Waals surface area contributed by atoms with Crippen LogP contribution in [0.1, 0.15) is 45.6 Å². The quantitative estimate of drug-likeness (QED) is 0.744. The fourth-order valence-corrected chi connectivity index (χ4v) is 3.68. The number of likely N-dealkylation sites (tertiary alicyclic amines) is 1. The van der Waals surface area contributed by atoms with Crippen molar-refractivity contribution in [3.05, 3.63) is 29.8 Å². The van der Waals surface area contributed by atoms with Crippen molar-refractivity contribution in [1.82, 2.24) is 4.90 Å². The lowest BCUT2D eigenvalue weighted by molar-refractivity contribution is -0.137. The minimum Gasteiger partial charge on any atom is -0.490 e. The topological polar surface area (TPSA) is 38.8 Å². The molecule has 0 unspecified atom stereocenters. The number of benzene rings is 1. The molecule has 0 radical (unpaired) electrons. The SMILES string of the molecule is CC(C)(C)OC(=O)N1CCC2(CC(Oc3cccc(C(F)(F)F)c3)C2)C1. The number of rotatable bonds is 2. The standard InChI is InChI=1S/C19H24F3NO3/c1-17(2,3)26-16(24)23-8-7-18(12-23)10-15(11-18)25-14-6-4-5-13(9-14)19(20,21)22/h4-6,9,15H,7-8,10-12H2,1-3H3. The molecule has 1 saturated heterocycles. The van der Waals surface area contributed by atoms with E-state index in [1.165, 1.54) is 6.07 Å². The van der Waals surface area contributed by atoms with Crippen LogP contribution < -0.4 is 4.74 Å². The third kappa shape index (κ3) is 4.24. The first-order valence-electron chi connectivity index (χ1n) is 8.78. The third-order valence-corrected chi connectivity index (χ3v) is 4.88. The van der Waals surface area contributed by atoms with Gasteiger partial charge in [0.1, 0.15) is 11.4 Å². The Bertz CT molecular complexity index is 675. The zero-order chi connectivity index (χ0) is 19.2. The van der Waals surface area contributed by atoms with Crippen molar-refractivity contribution < 1.29 is 27.4 Å². The molecule has 2 aliphatic rings. The van der Waals surface area contributed by atoms with Crippen molar-refractivity contribution in [2.75, 3.05) is 13.1 Å². The van der Waals surface area contributed by atoms with Crippen molar-refractivity contribution in [2.24, 2.45) is 5.41 Å². The van der Waals surface area contributed by atoms with Crippen LogP contribution in [0.5, 0.6) is 5.75 Å². The van der Waals surface area contributed by atoms with Gasteiger partial charge in [0.15, 0.2) is 0 Å². The molecule has 1 heterocycles. The number of hydrogen-bond acceptors (Lipinski definition) is 3. The highest BCUT2D eigenvalue weighted by molar-refractivity contribution is 5.68. The molecule has 1 aliphatic carbocycles. The molecular weight excluding hydrogens is 347 g/mol. The summed E-state index contributed by atoms with van der Waals surface area (Å²) in [4.78, 5) is 13.9. The Hall–Kier alpha value is -1.92. The van der Waals surface area contributed by atoms with Gasteiger partial charge in [0.05, 0.1) is 11.7 Å². The van der Waals surface area contributed by atoms with Crippen LogP contribution in [0.2, 0.25) is 0 Å². The first kappa shape index (κ1) is 18.9. The van der Waals surface area contributed by atoms with E-state index in [1.807, 2.05) is 20.8 Å². The van der Waals surface area contributed by atoms with Crippen LogP contribution in [-0.4, -0.2) is 35.8 Å². The number of nitrogens with zero attached hydrogens (tertiary/aromatic N) is 1. The lowest BCUT2D eigenvalue weighted by atomic mass is 9.66. The fraction of sp³-hybridized carbons (Fsp3) is 0.632. The molecule has 1 aliphatic heterocycles. The molecular formula is C19H24F3NO3. The summed E-state index contributed by atoms with van der Waals surface area (Å²) in [5.41, 5.74) is -1.23. The fourth-order valence-electron chi connectivity index (χ4n) is 3.68. The van der Waals surface area contributed by atoms with E-state index in [2.05, 4.69) is 0 Å². The molecule has 0 N–H and O–H groups in total. The molecule has 1 spiro atoms. The van der Waals surface area contributed by atoms with E-state index in [1.54, 1.807) is 11.0 Å². The van der Waals surface area contributed by atoms with Gasteiger partial charge in [-0.25, -0.2) is 4.79 Å². The highest BCUT2D eigenvalue weighted by atomic mass is 19.4. The van der Waals surface area contributed by atoms with Crippen LogP contribution in [0, 0.1) is 5.41 Å². The number of halogens is 3. The summed E-state index contributed by atoms with van der Waals surface area (Å²) in [7, 11) is 0. The summed E-state index contributed by atoms with van der Waals surface area (Å²) in [5.74, 6) is 0.238. The summed E-state index contributed by atoms with van der Waals surface area (Å²) in [6.45, 7) is 6.76. The van der Waals surface area contributed by atoms with E-state index in [-0.39, 0.29) is 23.4 Å². The molecule has 1 amide bonds. The molecule has 7 heteroatoms. The average Bonchev–Trinajstić information content (AvgIpc) is 2.90. The molecule has 0 atom stereocenters. The molecule has 0 aromatic heterocycles. The first-order valence-corrected chi connectivity index (χ1v) is 8.78. The van der Waals surface area contributed by atoms with Gasteiger partial charge in [0.2, 0.25) is 0 Å². The maximum absolute atomic E-state index is 12.8. The Balaban J connectivity index is 1.53. The largest absolute Gasteiger partial charge is 0.490 e. The zero-order valence-corrected chi connectivity index (χ0v) is 15.2. The van der Waals surface area contributed by atoms with Crippen molar-refractivity contribution >= 4 is 6.09 Å². The van der Waals surface area contributed by atoms with E-state index >= 15 is 0 Å². The van der Waals surface area contributed by atoms with Gasteiger partial charge in [-0.1, -0.05) is 6.07 Å². The van der Waals surface area contributed by atoms with E-state index < -0.39 is 17.3 Å². The molecule has 4 nitrogen and oxygen atoms in total. The van der Waals surface area contributed by atoms with Gasteiger partial charge in [-0.3, -0.25) is 0 Å². The Kier molecular flexibility index (Phi) is 4.61. The second-order valence-electron chi connectivity index (χ2n) is 8.33. The molecule has 1 aromatic carbocycles. The van der Waals surface area contributed by atoms with Crippen molar-refractivity contribution in [3.63, 3.8) is 0 Å². The van der Waals surface area contributed by atoms with Gasteiger partial charge in [0, 0.05) is 13.1 Å². The number of ether oxygens (including phenoxy) is 2. The monoisotopic (exact) mass is 371 g/mol. The summed E-state index contributed by atoms with van der Waals surface area (Å²) in [6, 6.07) is 4.96. The molecule has 3 rings (SSSR count). The van der Waals surface area contributed by atoms with Crippen LogP contribution in [-0.2, 0) is 10.9 Å². The highest BCUT2D eigenvalue weighted by Gasteiger charge is 2.51. The normalized spacial score (nSPS) is 25.9. The van der Waals surface area contributed by atoms with E-state index in [0.717, 1.165) is 31.4 Å². The first-order chi connectivity index (χ1) is 12.0. The van der Waals surface area contributed by atoms with Crippen LogP contribution in [0.25, 0.3) is 0 Å². The summed E-state index contributed by atoms with van der Waals surface area (Å²) >= 11 is 0. The molecule has 0 bridgehead atoms. The number of carbonyl (C=O) groups excluding carboxylic acids is 1. The second-order valence-corrected chi connectivity index (χ2v) is 8.33. The number of carbonyl (C=O) groups is 1. The highest BCUT2D eigenvalue weighted by Crippen LogP contribution is 2.49. The Morgan fingerprint density at radius 2 is 1.92 bits per heavy atom. The van der Waals surface area contributed by atoms with Crippen molar-refractivity contribution in [2.45, 2.75) is 57.9 Å². The number of amides is 1. The molecule has 1 aromatic rings. The van der Waals surface area contributed by atoms with Crippen molar-refractivity contribution in [3.8, 4) is 5.75 Å². The molecule has 1 saturated carbocycles. The second kappa shape index (κ2) is 6.35. The Morgan fingerprint density at radius 1 is 1.23 bits per heavy atom. The van der Waals surface area contributed by atoms with Gasteiger partial charge >= 0.3 is 12.3 Å². The molecule has 26 heavy (non-hydrogen) atoms. The maximum Gasteiger partial charge on any atom is 0.416 e. The van der Waals surface area contributed by atoms with E-state index in [9.17, 15) is 18.0 Å². The Labute approximate surface area is 151 Å². The molecule has 144 valence electrons. The smallest absolute Gasteiger partial charge is 0.416 e. The molecule has 2 fully saturated rings. The minimum atomic E-state index is -4.38. The Morgan fingerprint density at radius 3 is 2.54 bits per heavy atom.